The molecule has 0 aliphatic carbocycles. The van der Waals surface area contributed by atoms with Crippen LogP contribution in [0.4, 0.5) is 0 Å². The third-order valence-electron chi connectivity index (χ3n) is 12.1. The van der Waals surface area contributed by atoms with Crippen LogP contribution in [0.25, 0.3) is 0 Å². The molecule has 1 unspecified atom stereocenters. The van der Waals surface area contributed by atoms with Gasteiger partial charge in [0.25, 0.3) is 0 Å². The maximum atomic E-state index is 12.8. The fraction of sp³-hybridized carbons (Fsp3) is 0.714. The van der Waals surface area contributed by atoms with E-state index >= 15 is 0 Å². The van der Waals surface area contributed by atoms with E-state index in [0.717, 1.165) is 89.9 Å². The molecule has 5 heteroatoms. The van der Waals surface area contributed by atoms with Crippen LogP contribution in [0.3, 0.4) is 0 Å². The van der Waals surface area contributed by atoms with Gasteiger partial charge in [-0.15, -0.1) is 0 Å². The average molecular weight is 946 g/mol. The Morgan fingerprint density at radius 2 is 0.721 bits per heavy atom. The quantitative estimate of drug-likeness (QED) is 0.0345. The topological polar surface area (TPSA) is 61.8 Å². The van der Waals surface area contributed by atoms with Crippen molar-refractivity contribution < 1.29 is 23.8 Å². The summed E-state index contributed by atoms with van der Waals surface area (Å²) in [5.41, 5.74) is 0. The number of unbranched alkanes of at least 4 members (excludes halogenated alkanes) is 25. The Kier molecular flexibility index (Phi) is 55.4. The minimum Gasteiger partial charge on any atom is -0.462 e. The van der Waals surface area contributed by atoms with E-state index in [4.69, 9.17) is 14.2 Å². The van der Waals surface area contributed by atoms with Crippen molar-refractivity contribution in [2.45, 2.75) is 271 Å². The van der Waals surface area contributed by atoms with Crippen molar-refractivity contribution in [1.82, 2.24) is 0 Å². The van der Waals surface area contributed by atoms with E-state index < -0.39 is 6.10 Å². The van der Waals surface area contributed by atoms with E-state index in [1.54, 1.807) is 0 Å². The number of allylic oxidation sites excluding steroid dienone is 16. The first-order valence-electron chi connectivity index (χ1n) is 28.8. The van der Waals surface area contributed by atoms with Crippen molar-refractivity contribution in [3.63, 3.8) is 0 Å². The van der Waals surface area contributed by atoms with Gasteiger partial charge in [-0.1, -0.05) is 266 Å². The van der Waals surface area contributed by atoms with Crippen molar-refractivity contribution >= 4 is 11.9 Å². The van der Waals surface area contributed by atoms with Gasteiger partial charge in [0.05, 0.1) is 6.61 Å². The molecule has 0 N–H and O–H groups in total. The van der Waals surface area contributed by atoms with Crippen molar-refractivity contribution in [3.8, 4) is 0 Å². The van der Waals surface area contributed by atoms with Crippen molar-refractivity contribution in [2.75, 3.05) is 19.8 Å². The second-order valence-electron chi connectivity index (χ2n) is 18.8. The Morgan fingerprint density at radius 1 is 0.338 bits per heavy atom. The highest BCUT2D eigenvalue weighted by Gasteiger charge is 2.17. The number of carbonyl (C=O) groups is 2. The van der Waals surface area contributed by atoms with Gasteiger partial charge < -0.3 is 14.2 Å². The second-order valence-corrected chi connectivity index (χ2v) is 18.8. The molecule has 0 aliphatic rings. The van der Waals surface area contributed by atoms with E-state index in [9.17, 15) is 9.59 Å². The normalized spacial score (nSPS) is 12.9. The molecule has 0 spiro atoms. The molecule has 0 saturated heterocycles. The maximum absolute atomic E-state index is 12.8. The van der Waals surface area contributed by atoms with Gasteiger partial charge in [0.1, 0.15) is 6.61 Å². The van der Waals surface area contributed by atoms with E-state index in [-0.39, 0.29) is 25.2 Å². The lowest BCUT2D eigenvalue weighted by molar-refractivity contribution is -0.162. The Morgan fingerprint density at radius 3 is 1.18 bits per heavy atom. The van der Waals surface area contributed by atoms with Crippen LogP contribution in [0.5, 0.6) is 0 Å². The molecule has 0 saturated carbocycles. The number of ether oxygens (including phenoxy) is 3. The van der Waals surface area contributed by atoms with Gasteiger partial charge in [-0.3, -0.25) is 9.59 Å². The smallest absolute Gasteiger partial charge is 0.306 e. The zero-order valence-corrected chi connectivity index (χ0v) is 44.8. The molecule has 390 valence electrons. The fourth-order valence-corrected chi connectivity index (χ4v) is 7.87. The van der Waals surface area contributed by atoms with Crippen molar-refractivity contribution in [2.24, 2.45) is 0 Å². The molecule has 68 heavy (non-hydrogen) atoms. The van der Waals surface area contributed by atoms with E-state index in [1.165, 1.54) is 135 Å². The summed E-state index contributed by atoms with van der Waals surface area (Å²) >= 11 is 0. The molecule has 0 fully saturated rings. The average Bonchev–Trinajstić information content (AvgIpc) is 3.34. The molecule has 0 bridgehead atoms. The summed E-state index contributed by atoms with van der Waals surface area (Å²) in [7, 11) is 0. The first-order chi connectivity index (χ1) is 33.6. The number of hydrogen-bond donors (Lipinski definition) is 0. The van der Waals surface area contributed by atoms with Crippen LogP contribution < -0.4 is 0 Å². The van der Waals surface area contributed by atoms with Gasteiger partial charge in [0, 0.05) is 19.4 Å². The molecule has 0 aromatic carbocycles. The third kappa shape index (κ3) is 55.4. The minimum absolute atomic E-state index is 0.0372. The molecular formula is C63H108O5. The van der Waals surface area contributed by atoms with Gasteiger partial charge in [-0.2, -0.15) is 0 Å². The standard InChI is InChI=1S/C63H108O5/c1-4-7-10-13-16-19-22-25-27-29-31-33-35-37-40-43-46-49-52-55-58-66-59-61(68-63(65)57-54-51-48-45-42-38-24-21-18-15-12-9-6-3)60-67-62(64)56-53-50-47-44-41-39-36-34-32-30-28-26-23-20-17-14-11-8-5-2/h8,11-12,15,17,20-21,24,26,28,32,34,39,41,47,50,61H,4-7,9-10,13-14,16,18-19,22-23,25,27,29-31,33,35-38,40,42-46,48-49,51-60H2,1-3H3/b11-8-,15-12-,20-17-,24-21-,28-26-,34-32-,41-39-,50-47-. The van der Waals surface area contributed by atoms with Gasteiger partial charge in [0.15, 0.2) is 6.10 Å². The molecule has 0 heterocycles. The number of hydrogen-bond acceptors (Lipinski definition) is 5. The molecule has 0 radical (unpaired) electrons. The lowest BCUT2D eigenvalue weighted by Crippen LogP contribution is -2.30. The summed E-state index contributed by atoms with van der Waals surface area (Å²) in [6.45, 7) is 7.58. The highest BCUT2D eigenvalue weighted by atomic mass is 16.6. The van der Waals surface area contributed by atoms with Gasteiger partial charge in [-0.25, -0.2) is 0 Å². The Balaban J connectivity index is 4.34. The molecule has 0 aromatic rings. The summed E-state index contributed by atoms with van der Waals surface area (Å²) in [6, 6.07) is 0. The summed E-state index contributed by atoms with van der Waals surface area (Å²) < 4.78 is 17.4. The predicted molar refractivity (Wildman–Crippen MR) is 297 cm³/mol. The largest absolute Gasteiger partial charge is 0.462 e. The first-order valence-corrected chi connectivity index (χ1v) is 28.8. The molecular weight excluding hydrogens is 837 g/mol. The predicted octanol–water partition coefficient (Wildman–Crippen LogP) is 19.8. The Bertz CT molecular complexity index is 1300. The summed E-state index contributed by atoms with van der Waals surface area (Å²) in [5.74, 6) is -0.507. The molecule has 0 aliphatic heterocycles. The maximum Gasteiger partial charge on any atom is 0.306 e. The van der Waals surface area contributed by atoms with E-state index in [1.807, 2.05) is 6.08 Å². The zero-order chi connectivity index (χ0) is 49.2. The van der Waals surface area contributed by atoms with Gasteiger partial charge in [0.2, 0.25) is 0 Å². The molecule has 5 nitrogen and oxygen atoms in total. The van der Waals surface area contributed by atoms with Crippen LogP contribution in [0.2, 0.25) is 0 Å². The van der Waals surface area contributed by atoms with Crippen molar-refractivity contribution in [1.29, 1.82) is 0 Å². The first kappa shape index (κ1) is 64.8. The minimum atomic E-state index is -0.578. The lowest BCUT2D eigenvalue weighted by Gasteiger charge is -2.18. The van der Waals surface area contributed by atoms with Crippen LogP contribution in [0.15, 0.2) is 97.2 Å². The van der Waals surface area contributed by atoms with Crippen LogP contribution in [0, 0.1) is 0 Å². The highest BCUT2D eigenvalue weighted by molar-refractivity contribution is 5.70. The van der Waals surface area contributed by atoms with E-state index in [2.05, 4.69) is 112 Å². The zero-order valence-electron chi connectivity index (χ0n) is 44.8. The molecule has 0 rings (SSSR count). The van der Waals surface area contributed by atoms with Crippen molar-refractivity contribution in [3.05, 3.63) is 97.2 Å². The van der Waals surface area contributed by atoms with Gasteiger partial charge in [-0.05, 0) is 83.5 Å². The van der Waals surface area contributed by atoms with Crippen LogP contribution in [-0.2, 0) is 23.8 Å². The fourth-order valence-electron chi connectivity index (χ4n) is 7.87. The molecule has 1 atom stereocenters. The van der Waals surface area contributed by atoms with Crippen LogP contribution >= 0.6 is 0 Å². The highest BCUT2D eigenvalue weighted by Crippen LogP contribution is 2.16. The third-order valence-corrected chi connectivity index (χ3v) is 12.1. The number of rotatable bonds is 52. The van der Waals surface area contributed by atoms with Crippen LogP contribution in [0.1, 0.15) is 265 Å². The summed E-state index contributed by atoms with van der Waals surface area (Å²) in [4.78, 5) is 25.4. The monoisotopic (exact) mass is 945 g/mol. The second kappa shape index (κ2) is 58.1. The van der Waals surface area contributed by atoms with E-state index in [0.29, 0.717) is 25.9 Å². The summed E-state index contributed by atoms with van der Waals surface area (Å²) in [6.07, 6.45) is 78.8. The van der Waals surface area contributed by atoms with Gasteiger partial charge >= 0.3 is 11.9 Å². The van der Waals surface area contributed by atoms with Crippen LogP contribution in [-0.4, -0.2) is 37.9 Å². The SMILES string of the molecule is CC/C=C\C/C=C\C/C=C\C/C=C\C/C=C\C/C=C\CCC(=O)OCC(COCCCCCCCCCCCCCCCCCCCCCC)OC(=O)CCCCCCC/C=C\C/C=C\CCC. The molecule has 0 amide bonds. The Labute approximate surface area is 422 Å². The number of carbonyl (C=O) groups excluding carboxylic acids is 2. The number of esters is 2. The molecule has 0 aromatic heterocycles. The summed E-state index contributed by atoms with van der Waals surface area (Å²) in [5, 5.41) is 0. The lowest BCUT2D eigenvalue weighted by atomic mass is 10.0. The Hall–Kier alpha value is -3.18.